The van der Waals surface area contributed by atoms with Gasteiger partial charge in [0.2, 0.25) is 5.91 Å². The van der Waals surface area contributed by atoms with Crippen LogP contribution < -0.4 is 5.69 Å². The topological polar surface area (TPSA) is 60.1 Å². The van der Waals surface area contributed by atoms with E-state index in [1.165, 1.54) is 11.1 Å². The molecule has 1 atom stereocenters. The third-order valence-electron chi connectivity index (χ3n) is 5.65. The highest BCUT2D eigenvalue weighted by Gasteiger charge is 2.33. The molecule has 0 fully saturated rings. The third kappa shape index (κ3) is 3.45. The number of aromatic nitrogens is 3. The molecule has 0 saturated carbocycles. The zero-order valence-corrected chi connectivity index (χ0v) is 16.2. The molecule has 2 aliphatic rings. The molecule has 1 aromatic carbocycles. The summed E-state index contributed by atoms with van der Waals surface area (Å²) in [5.74, 6) is 1.18. The van der Waals surface area contributed by atoms with Crippen molar-refractivity contribution in [2.45, 2.75) is 65.1 Å². The Hall–Kier alpha value is -2.37. The van der Waals surface area contributed by atoms with Crippen molar-refractivity contribution in [1.82, 2.24) is 19.2 Å². The maximum Gasteiger partial charge on any atom is 0.346 e. The molecule has 0 aliphatic carbocycles. The van der Waals surface area contributed by atoms with Gasteiger partial charge in [0.1, 0.15) is 11.9 Å². The van der Waals surface area contributed by atoms with E-state index in [0.717, 1.165) is 44.5 Å². The average molecular weight is 368 g/mol. The quantitative estimate of drug-likeness (QED) is 0.837. The lowest BCUT2D eigenvalue weighted by molar-refractivity contribution is -0.136. The van der Waals surface area contributed by atoms with Crippen molar-refractivity contribution < 1.29 is 4.79 Å². The predicted molar refractivity (Wildman–Crippen MR) is 103 cm³/mol. The summed E-state index contributed by atoms with van der Waals surface area (Å²) in [4.78, 5) is 28.3. The van der Waals surface area contributed by atoms with Gasteiger partial charge in [-0.1, -0.05) is 44.5 Å². The fourth-order valence-corrected chi connectivity index (χ4v) is 4.29. The Balaban J connectivity index is 1.63. The number of carbonyl (C=O) groups is 1. The van der Waals surface area contributed by atoms with E-state index < -0.39 is 6.04 Å². The van der Waals surface area contributed by atoms with Crippen molar-refractivity contribution in [1.29, 1.82) is 0 Å². The van der Waals surface area contributed by atoms with Crippen LogP contribution in [0.25, 0.3) is 0 Å². The molecular formula is C21H28N4O2. The van der Waals surface area contributed by atoms with Crippen LogP contribution in [0.4, 0.5) is 0 Å². The van der Waals surface area contributed by atoms with Crippen LogP contribution in [-0.2, 0) is 30.7 Å². The number of carbonyl (C=O) groups excluding carboxylic acids is 1. The molecule has 0 saturated heterocycles. The van der Waals surface area contributed by atoms with Crippen LogP contribution in [0.5, 0.6) is 0 Å². The zero-order chi connectivity index (χ0) is 19.0. The first-order chi connectivity index (χ1) is 13.0. The van der Waals surface area contributed by atoms with Crippen molar-refractivity contribution in [2.75, 3.05) is 6.54 Å². The van der Waals surface area contributed by atoms with Crippen molar-refractivity contribution in [2.24, 2.45) is 5.92 Å². The minimum absolute atomic E-state index is 0.0684. The minimum Gasteiger partial charge on any atom is -0.336 e. The Labute approximate surface area is 159 Å². The Morgan fingerprint density at radius 2 is 1.96 bits per heavy atom. The van der Waals surface area contributed by atoms with Gasteiger partial charge in [0.25, 0.3) is 0 Å². The summed E-state index contributed by atoms with van der Waals surface area (Å²) >= 11 is 0. The number of fused-ring (bicyclic) bond motifs is 2. The SMILES string of the molecule is CC(C)Cn1nc2n(c1=O)C(C(=O)N1CCc3ccccc3C1)CCCC2. The van der Waals surface area contributed by atoms with Gasteiger partial charge in [0.15, 0.2) is 0 Å². The fraction of sp³-hybridized carbons (Fsp3) is 0.571. The highest BCUT2D eigenvalue weighted by molar-refractivity contribution is 5.81. The Morgan fingerprint density at radius 1 is 1.19 bits per heavy atom. The van der Waals surface area contributed by atoms with Gasteiger partial charge in [0.05, 0.1) is 0 Å². The first-order valence-electron chi connectivity index (χ1n) is 10.1. The van der Waals surface area contributed by atoms with E-state index in [0.29, 0.717) is 19.0 Å². The molecule has 3 heterocycles. The molecule has 144 valence electrons. The van der Waals surface area contributed by atoms with Crippen molar-refractivity contribution in [3.05, 3.63) is 51.7 Å². The summed E-state index contributed by atoms with van der Waals surface area (Å²) in [6.45, 7) is 6.10. The number of hydrogen-bond donors (Lipinski definition) is 0. The van der Waals surface area contributed by atoms with Crippen LogP contribution in [0.1, 0.15) is 56.1 Å². The highest BCUT2D eigenvalue weighted by Crippen LogP contribution is 2.26. The van der Waals surface area contributed by atoms with E-state index >= 15 is 0 Å². The molecule has 6 heteroatoms. The number of rotatable bonds is 3. The van der Waals surface area contributed by atoms with Crippen LogP contribution >= 0.6 is 0 Å². The second kappa shape index (κ2) is 7.33. The summed E-state index contributed by atoms with van der Waals surface area (Å²) in [5.41, 5.74) is 2.41. The molecular weight excluding hydrogens is 340 g/mol. The number of nitrogens with zero attached hydrogens (tertiary/aromatic N) is 4. The molecule has 2 aromatic rings. The summed E-state index contributed by atoms with van der Waals surface area (Å²) < 4.78 is 3.25. The summed E-state index contributed by atoms with van der Waals surface area (Å²) in [6.07, 6.45) is 4.30. The molecule has 1 unspecified atom stereocenters. The molecule has 0 N–H and O–H groups in total. The number of hydrogen-bond acceptors (Lipinski definition) is 3. The molecule has 1 amide bonds. The molecule has 1 aromatic heterocycles. The minimum atomic E-state index is -0.416. The van der Waals surface area contributed by atoms with Crippen LogP contribution in [-0.4, -0.2) is 31.7 Å². The van der Waals surface area contributed by atoms with E-state index in [9.17, 15) is 9.59 Å². The molecule has 27 heavy (non-hydrogen) atoms. The number of aryl methyl sites for hydroxylation is 1. The zero-order valence-electron chi connectivity index (χ0n) is 16.2. The molecule has 2 aliphatic heterocycles. The second-order valence-corrected chi connectivity index (χ2v) is 8.18. The van der Waals surface area contributed by atoms with Gasteiger partial charge in [-0.25, -0.2) is 9.48 Å². The Morgan fingerprint density at radius 3 is 2.74 bits per heavy atom. The van der Waals surface area contributed by atoms with Gasteiger partial charge >= 0.3 is 5.69 Å². The van der Waals surface area contributed by atoms with E-state index in [-0.39, 0.29) is 11.6 Å². The van der Waals surface area contributed by atoms with Crippen LogP contribution in [0.2, 0.25) is 0 Å². The van der Waals surface area contributed by atoms with Gasteiger partial charge < -0.3 is 4.90 Å². The average Bonchev–Trinajstić information content (AvgIpc) is 2.83. The fourth-order valence-electron chi connectivity index (χ4n) is 4.29. The smallest absolute Gasteiger partial charge is 0.336 e. The molecule has 4 rings (SSSR count). The van der Waals surface area contributed by atoms with Gasteiger partial charge in [-0.15, -0.1) is 0 Å². The van der Waals surface area contributed by atoms with E-state index in [1.807, 2.05) is 11.0 Å². The number of amides is 1. The highest BCUT2D eigenvalue weighted by atomic mass is 16.2. The number of benzene rings is 1. The lowest BCUT2D eigenvalue weighted by Gasteiger charge is -2.32. The summed E-state index contributed by atoms with van der Waals surface area (Å²) in [6, 6.07) is 7.90. The third-order valence-corrected chi connectivity index (χ3v) is 5.65. The van der Waals surface area contributed by atoms with Crippen LogP contribution in [0.15, 0.2) is 29.1 Å². The van der Waals surface area contributed by atoms with Crippen LogP contribution in [0, 0.1) is 5.92 Å². The van der Waals surface area contributed by atoms with Crippen molar-refractivity contribution in [3.8, 4) is 0 Å². The summed E-state index contributed by atoms with van der Waals surface area (Å²) in [7, 11) is 0. The lowest BCUT2D eigenvalue weighted by Crippen LogP contribution is -2.43. The van der Waals surface area contributed by atoms with Gasteiger partial charge in [-0.3, -0.25) is 9.36 Å². The predicted octanol–water partition coefficient (Wildman–Crippen LogP) is 2.55. The standard InChI is InChI=1S/C21H28N4O2/c1-15(2)13-24-21(27)25-18(9-5-6-10-19(25)22-24)20(26)23-12-11-16-7-3-4-8-17(16)14-23/h3-4,7-8,15,18H,5-6,9-14H2,1-2H3. The van der Waals surface area contributed by atoms with E-state index in [2.05, 4.69) is 37.1 Å². The Bertz CT molecular complexity index is 896. The monoisotopic (exact) mass is 368 g/mol. The largest absolute Gasteiger partial charge is 0.346 e. The van der Waals surface area contributed by atoms with Gasteiger partial charge in [0, 0.05) is 26.1 Å². The van der Waals surface area contributed by atoms with Crippen LogP contribution in [0.3, 0.4) is 0 Å². The second-order valence-electron chi connectivity index (χ2n) is 8.18. The molecule has 0 spiro atoms. The maximum atomic E-state index is 13.4. The van der Waals surface area contributed by atoms with E-state index in [1.54, 1.807) is 9.25 Å². The van der Waals surface area contributed by atoms with Gasteiger partial charge in [-0.2, -0.15) is 5.10 Å². The maximum absolute atomic E-state index is 13.4. The van der Waals surface area contributed by atoms with E-state index in [4.69, 9.17) is 0 Å². The first-order valence-corrected chi connectivity index (χ1v) is 10.1. The van der Waals surface area contributed by atoms with Gasteiger partial charge in [-0.05, 0) is 36.3 Å². The van der Waals surface area contributed by atoms with Crippen molar-refractivity contribution in [3.63, 3.8) is 0 Å². The molecule has 6 nitrogen and oxygen atoms in total. The summed E-state index contributed by atoms with van der Waals surface area (Å²) in [5, 5.41) is 4.56. The first kappa shape index (κ1) is 18.0. The molecule has 0 bridgehead atoms. The Kier molecular flexibility index (Phi) is 4.89. The van der Waals surface area contributed by atoms with Crippen molar-refractivity contribution >= 4 is 5.91 Å². The lowest BCUT2D eigenvalue weighted by atomic mass is 9.99. The normalized spacial score (nSPS) is 19.5. The molecule has 0 radical (unpaired) electrons.